The van der Waals surface area contributed by atoms with Crippen molar-refractivity contribution in [2.75, 3.05) is 6.54 Å². The van der Waals surface area contributed by atoms with Crippen LogP contribution in [0.15, 0.2) is 24.3 Å². The fraction of sp³-hybridized carbons (Fsp3) is 0.600. The summed E-state index contributed by atoms with van der Waals surface area (Å²) in [6.45, 7) is 8.18. The molecule has 0 heterocycles. The summed E-state index contributed by atoms with van der Waals surface area (Å²) in [4.78, 5) is 0. The molecule has 1 saturated carbocycles. The Hall–Kier alpha value is -0.0900. The molecule has 17 heavy (non-hydrogen) atoms. The highest BCUT2D eigenvalue weighted by Crippen LogP contribution is 2.53. The van der Waals surface area contributed by atoms with Crippen molar-refractivity contribution in [3.63, 3.8) is 0 Å². The zero-order chi connectivity index (χ0) is 12.5. The van der Waals surface area contributed by atoms with Crippen molar-refractivity contribution in [1.29, 1.82) is 0 Å². The summed E-state index contributed by atoms with van der Waals surface area (Å²) in [5.74, 6) is 0.713. The molecule has 1 N–H and O–H groups in total. The molecule has 0 amide bonds. The van der Waals surface area contributed by atoms with Crippen molar-refractivity contribution < 1.29 is 0 Å². The predicted octanol–water partition coefficient (Wildman–Crippen LogP) is 4.17. The van der Waals surface area contributed by atoms with Gasteiger partial charge in [-0.15, -0.1) is 0 Å². The molecule has 1 aromatic carbocycles. The van der Waals surface area contributed by atoms with Crippen molar-refractivity contribution >= 4 is 22.6 Å². The van der Waals surface area contributed by atoms with Crippen LogP contribution < -0.4 is 5.32 Å². The largest absolute Gasteiger partial charge is 0.313 e. The van der Waals surface area contributed by atoms with Crippen LogP contribution >= 0.6 is 22.6 Å². The number of hydrogen-bond acceptors (Lipinski definition) is 1. The van der Waals surface area contributed by atoms with Crippen molar-refractivity contribution in [2.45, 2.75) is 45.6 Å². The first kappa shape index (κ1) is 13.3. The van der Waals surface area contributed by atoms with Gasteiger partial charge in [0.15, 0.2) is 0 Å². The highest BCUT2D eigenvalue weighted by Gasteiger charge is 2.48. The molecule has 0 spiro atoms. The standard InChI is InChI=1S/C15H22IN/c1-4-9-17-14-10-12(15(14,2)3)11-7-5-6-8-13(11)16/h5-8,12,14,17H,4,9-10H2,1-3H3. The van der Waals surface area contributed by atoms with E-state index in [9.17, 15) is 0 Å². The third-order valence-electron chi connectivity index (χ3n) is 4.19. The number of hydrogen-bond donors (Lipinski definition) is 1. The van der Waals surface area contributed by atoms with Crippen molar-refractivity contribution in [3.05, 3.63) is 33.4 Å². The SMILES string of the molecule is CCCNC1CC(c2ccccc2I)C1(C)C. The van der Waals surface area contributed by atoms with Crippen LogP contribution in [0.3, 0.4) is 0 Å². The van der Waals surface area contributed by atoms with Gasteiger partial charge in [-0.2, -0.15) is 0 Å². The lowest BCUT2D eigenvalue weighted by Gasteiger charge is -2.53. The van der Waals surface area contributed by atoms with Crippen LogP contribution in [0, 0.1) is 8.99 Å². The molecule has 2 rings (SSSR count). The quantitative estimate of drug-likeness (QED) is 0.809. The molecular weight excluding hydrogens is 321 g/mol. The molecule has 0 bridgehead atoms. The van der Waals surface area contributed by atoms with E-state index in [0.717, 1.165) is 6.54 Å². The van der Waals surface area contributed by atoms with Crippen LogP contribution in [0.1, 0.15) is 45.1 Å². The van der Waals surface area contributed by atoms with E-state index in [1.54, 1.807) is 0 Å². The Labute approximate surface area is 119 Å². The van der Waals surface area contributed by atoms with Crippen LogP contribution in [-0.4, -0.2) is 12.6 Å². The fourth-order valence-corrected chi connectivity index (χ4v) is 3.64. The lowest BCUT2D eigenvalue weighted by atomic mass is 9.56. The first-order valence-electron chi connectivity index (χ1n) is 6.55. The minimum Gasteiger partial charge on any atom is -0.313 e. The van der Waals surface area contributed by atoms with Crippen LogP contribution in [-0.2, 0) is 0 Å². The molecule has 1 nitrogen and oxygen atoms in total. The van der Waals surface area contributed by atoms with Crippen LogP contribution in [0.5, 0.6) is 0 Å². The Morgan fingerprint density at radius 1 is 1.35 bits per heavy atom. The van der Waals surface area contributed by atoms with E-state index in [1.807, 2.05) is 0 Å². The molecule has 2 unspecified atom stereocenters. The van der Waals surface area contributed by atoms with Gasteiger partial charge in [-0.1, -0.05) is 39.0 Å². The Bertz CT molecular complexity index is 386. The zero-order valence-corrected chi connectivity index (χ0v) is 13.1. The summed E-state index contributed by atoms with van der Waals surface area (Å²) in [6, 6.07) is 9.50. The molecule has 0 aliphatic heterocycles. The second kappa shape index (κ2) is 5.27. The number of rotatable bonds is 4. The number of halogens is 1. The summed E-state index contributed by atoms with van der Waals surface area (Å²) in [6.07, 6.45) is 2.51. The van der Waals surface area contributed by atoms with E-state index in [4.69, 9.17) is 0 Å². The Morgan fingerprint density at radius 3 is 2.65 bits per heavy atom. The predicted molar refractivity (Wildman–Crippen MR) is 82.4 cm³/mol. The molecule has 0 radical (unpaired) electrons. The van der Waals surface area contributed by atoms with E-state index in [0.29, 0.717) is 17.4 Å². The molecule has 0 aromatic heterocycles. The monoisotopic (exact) mass is 343 g/mol. The van der Waals surface area contributed by atoms with Gasteiger partial charge in [-0.05, 0) is 64.9 Å². The van der Waals surface area contributed by atoms with E-state index in [-0.39, 0.29) is 0 Å². The van der Waals surface area contributed by atoms with Gasteiger partial charge >= 0.3 is 0 Å². The van der Waals surface area contributed by atoms with E-state index >= 15 is 0 Å². The van der Waals surface area contributed by atoms with Gasteiger partial charge in [0.1, 0.15) is 0 Å². The Kier molecular flexibility index (Phi) is 4.14. The van der Waals surface area contributed by atoms with Crippen molar-refractivity contribution in [3.8, 4) is 0 Å². The molecule has 2 atom stereocenters. The maximum absolute atomic E-state index is 3.68. The summed E-state index contributed by atoms with van der Waals surface area (Å²) in [5, 5.41) is 3.68. The summed E-state index contributed by atoms with van der Waals surface area (Å²) < 4.78 is 1.41. The van der Waals surface area contributed by atoms with Crippen LogP contribution in [0.4, 0.5) is 0 Å². The number of benzene rings is 1. The van der Waals surface area contributed by atoms with Gasteiger partial charge < -0.3 is 5.32 Å². The Morgan fingerprint density at radius 2 is 2.06 bits per heavy atom. The molecule has 1 fully saturated rings. The Balaban J connectivity index is 2.09. The zero-order valence-electron chi connectivity index (χ0n) is 11.0. The van der Waals surface area contributed by atoms with Gasteiger partial charge in [0, 0.05) is 9.61 Å². The van der Waals surface area contributed by atoms with Gasteiger partial charge in [0.2, 0.25) is 0 Å². The van der Waals surface area contributed by atoms with Crippen molar-refractivity contribution in [2.24, 2.45) is 5.41 Å². The third-order valence-corrected chi connectivity index (χ3v) is 5.17. The van der Waals surface area contributed by atoms with Gasteiger partial charge in [-0.25, -0.2) is 0 Å². The molecular formula is C15H22IN. The maximum atomic E-state index is 3.68. The first-order valence-corrected chi connectivity index (χ1v) is 7.63. The summed E-state index contributed by atoms with van der Waals surface area (Å²) in [5.41, 5.74) is 1.92. The second-order valence-corrected chi connectivity index (χ2v) is 6.80. The maximum Gasteiger partial charge on any atom is 0.0165 e. The summed E-state index contributed by atoms with van der Waals surface area (Å²) >= 11 is 2.46. The lowest BCUT2D eigenvalue weighted by molar-refractivity contribution is 0.0690. The third kappa shape index (κ3) is 2.53. The highest BCUT2D eigenvalue weighted by molar-refractivity contribution is 14.1. The van der Waals surface area contributed by atoms with Crippen LogP contribution in [0.2, 0.25) is 0 Å². The average molecular weight is 343 g/mol. The average Bonchev–Trinajstić information content (AvgIpc) is 2.30. The van der Waals surface area contributed by atoms with Gasteiger partial charge in [0.25, 0.3) is 0 Å². The minimum absolute atomic E-state index is 0.385. The topological polar surface area (TPSA) is 12.0 Å². The molecule has 1 aliphatic rings. The molecule has 94 valence electrons. The van der Waals surface area contributed by atoms with Gasteiger partial charge in [-0.3, -0.25) is 0 Å². The number of nitrogens with one attached hydrogen (secondary N) is 1. The minimum atomic E-state index is 0.385. The van der Waals surface area contributed by atoms with E-state index in [2.05, 4.69) is 72.9 Å². The smallest absolute Gasteiger partial charge is 0.0165 e. The van der Waals surface area contributed by atoms with Gasteiger partial charge in [0.05, 0.1) is 0 Å². The lowest BCUT2D eigenvalue weighted by Crippen LogP contribution is -2.55. The van der Waals surface area contributed by atoms with Crippen LogP contribution in [0.25, 0.3) is 0 Å². The highest BCUT2D eigenvalue weighted by atomic mass is 127. The summed E-state index contributed by atoms with van der Waals surface area (Å²) in [7, 11) is 0. The molecule has 1 aliphatic carbocycles. The second-order valence-electron chi connectivity index (χ2n) is 5.64. The molecule has 1 aromatic rings. The van der Waals surface area contributed by atoms with E-state index < -0.39 is 0 Å². The van der Waals surface area contributed by atoms with Crippen molar-refractivity contribution in [1.82, 2.24) is 5.32 Å². The molecule has 2 heteroatoms. The fourth-order valence-electron chi connectivity index (χ4n) is 2.88. The normalized spacial score (nSPS) is 26.6. The molecule has 0 saturated heterocycles. The van der Waals surface area contributed by atoms with E-state index in [1.165, 1.54) is 22.0 Å². The first-order chi connectivity index (χ1) is 8.07.